The third-order valence-corrected chi connectivity index (χ3v) is 2.75. The molecule has 12 heavy (non-hydrogen) atoms. The lowest BCUT2D eigenvalue weighted by Gasteiger charge is -2.05. The SMILES string of the molecule is COCCNCCSCC(C)C. The lowest BCUT2D eigenvalue weighted by Crippen LogP contribution is -2.21. The second-order valence-electron chi connectivity index (χ2n) is 3.21. The predicted molar refractivity (Wildman–Crippen MR) is 56.9 cm³/mol. The fourth-order valence-electron chi connectivity index (χ4n) is 0.763. The zero-order valence-corrected chi connectivity index (χ0v) is 9.25. The van der Waals surface area contributed by atoms with Gasteiger partial charge in [0, 0.05) is 26.0 Å². The standard InChI is InChI=1S/C9H21NOS/c1-9(2)8-12-7-5-10-4-6-11-3/h9-10H,4-8H2,1-3H3. The van der Waals surface area contributed by atoms with Gasteiger partial charge < -0.3 is 10.1 Å². The topological polar surface area (TPSA) is 21.3 Å². The van der Waals surface area contributed by atoms with Crippen LogP contribution in [-0.4, -0.2) is 38.3 Å². The van der Waals surface area contributed by atoms with Crippen molar-refractivity contribution < 1.29 is 4.74 Å². The Bertz CT molecular complexity index is 88.6. The Morgan fingerprint density at radius 3 is 2.67 bits per heavy atom. The highest BCUT2D eigenvalue weighted by Crippen LogP contribution is 2.05. The van der Waals surface area contributed by atoms with Gasteiger partial charge in [-0.3, -0.25) is 0 Å². The van der Waals surface area contributed by atoms with E-state index >= 15 is 0 Å². The van der Waals surface area contributed by atoms with E-state index in [1.165, 1.54) is 11.5 Å². The van der Waals surface area contributed by atoms with Crippen LogP contribution in [0.4, 0.5) is 0 Å². The van der Waals surface area contributed by atoms with Crippen LogP contribution in [0.1, 0.15) is 13.8 Å². The highest BCUT2D eigenvalue weighted by atomic mass is 32.2. The Morgan fingerprint density at radius 2 is 2.08 bits per heavy atom. The molecule has 0 spiro atoms. The molecular formula is C9H21NOS. The van der Waals surface area contributed by atoms with Crippen LogP contribution in [0.5, 0.6) is 0 Å². The Balaban J connectivity index is 2.82. The van der Waals surface area contributed by atoms with Gasteiger partial charge in [-0.2, -0.15) is 11.8 Å². The largest absolute Gasteiger partial charge is 0.383 e. The normalized spacial score (nSPS) is 11.0. The Hall–Kier alpha value is 0.270. The van der Waals surface area contributed by atoms with E-state index in [2.05, 4.69) is 19.2 Å². The molecule has 0 aliphatic heterocycles. The second kappa shape index (κ2) is 9.36. The lowest BCUT2D eigenvalue weighted by atomic mass is 10.3. The van der Waals surface area contributed by atoms with E-state index in [1.807, 2.05) is 11.8 Å². The second-order valence-corrected chi connectivity index (χ2v) is 4.36. The van der Waals surface area contributed by atoms with Gasteiger partial charge in [-0.1, -0.05) is 13.8 Å². The number of hydrogen-bond donors (Lipinski definition) is 1. The van der Waals surface area contributed by atoms with Gasteiger partial charge in [-0.05, 0) is 11.7 Å². The molecule has 0 atom stereocenters. The fourth-order valence-corrected chi connectivity index (χ4v) is 1.69. The highest BCUT2D eigenvalue weighted by Gasteiger charge is 1.93. The van der Waals surface area contributed by atoms with Crippen LogP contribution < -0.4 is 5.32 Å². The van der Waals surface area contributed by atoms with Crippen LogP contribution in [0.2, 0.25) is 0 Å². The molecule has 0 aliphatic rings. The van der Waals surface area contributed by atoms with Gasteiger partial charge >= 0.3 is 0 Å². The summed E-state index contributed by atoms with van der Waals surface area (Å²) in [6.45, 7) is 7.39. The average molecular weight is 191 g/mol. The number of hydrogen-bond acceptors (Lipinski definition) is 3. The van der Waals surface area contributed by atoms with E-state index in [4.69, 9.17) is 4.74 Å². The summed E-state index contributed by atoms with van der Waals surface area (Å²) in [5.74, 6) is 3.29. The Morgan fingerprint density at radius 1 is 1.33 bits per heavy atom. The van der Waals surface area contributed by atoms with E-state index in [0.29, 0.717) is 0 Å². The van der Waals surface area contributed by atoms with Gasteiger partial charge in [-0.25, -0.2) is 0 Å². The minimum atomic E-state index is 0.814. The maximum Gasteiger partial charge on any atom is 0.0587 e. The zero-order chi connectivity index (χ0) is 9.23. The van der Waals surface area contributed by atoms with Crippen LogP contribution in [0.3, 0.4) is 0 Å². The maximum atomic E-state index is 4.92. The van der Waals surface area contributed by atoms with Gasteiger partial charge in [0.15, 0.2) is 0 Å². The average Bonchev–Trinajstić information content (AvgIpc) is 2.02. The summed E-state index contributed by atoms with van der Waals surface area (Å²) in [5.41, 5.74) is 0. The molecule has 0 fully saturated rings. The summed E-state index contributed by atoms with van der Waals surface area (Å²) in [6, 6.07) is 0. The fraction of sp³-hybridized carbons (Fsp3) is 1.00. The molecule has 0 rings (SSSR count). The Kier molecular flexibility index (Phi) is 9.57. The van der Waals surface area contributed by atoms with E-state index in [0.717, 1.165) is 25.6 Å². The molecule has 0 unspecified atom stereocenters. The third-order valence-electron chi connectivity index (χ3n) is 1.36. The van der Waals surface area contributed by atoms with Gasteiger partial charge in [0.1, 0.15) is 0 Å². The minimum Gasteiger partial charge on any atom is -0.383 e. The van der Waals surface area contributed by atoms with Crippen molar-refractivity contribution in [3.63, 3.8) is 0 Å². The van der Waals surface area contributed by atoms with Gasteiger partial charge in [0.05, 0.1) is 6.61 Å². The number of thioether (sulfide) groups is 1. The summed E-state index contributed by atoms with van der Waals surface area (Å²) >= 11 is 2.02. The van der Waals surface area contributed by atoms with Gasteiger partial charge in [0.2, 0.25) is 0 Å². The van der Waals surface area contributed by atoms with E-state index in [1.54, 1.807) is 7.11 Å². The van der Waals surface area contributed by atoms with Crippen LogP contribution in [0.15, 0.2) is 0 Å². The van der Waals surface area contributed by atoms with Crippen molar-refractivity contribution in [3.8, 4) is 0 Å². The highest BCUT2D eigenvalue weighted by molar-refractivity contribution is 7.99. The molecule has 0 aliphatic carbocycles. The number of nitrogens with one attached hydrogen (secondary N) is 1. The van der Waals surface area contributed by atoms with Crippen molar-refractivity contribution >= 4 is 11.8 Å². The van der Waals surface area contributed by atoms with Crippen LogP contribution in [-0.2, 0) is 4.74 Å². The molecule has 0 amide bonds. The molecule has 0 heterocycles. The third kappa shape index (κ3) is 10.3. The molecular weight excluding hydrogens is 170 g/mol. The minimum absolute atomic E-state index is 0.814. The zero-order valence-electron chi connectivity index (χ0n) is 8.43. The molecule has 0 aromatic rings. The first kappa shape index (κ1) is 12.3. The summed E-state index contributed by atoms with van der Waals surface area (Å²) in [4.78, 5) is 0. The number of ether oxygens (including phenoxy) is 1. The van der Waals surface area contributed by atoms with Gasteiger partial charge in [0.25, 0.3) is 0 Å². The van der Waals surface area contributed by atoms with E-state index in [9.17, 15) is 0 Å². The molecule has 74 valence electrons. The molecule has 0 bridgehead atoms. The maximum absolute atomic E-state index is 4.92. The van der Waals surface area contributed by atoms with Crippen LogP contribution in [0.25, 0.3) is 0 Å². The quantitative estimate of drug-likeness (QED) is 0.589. The molecule has 1 N–H and O–H groups in total. The summed E-state index contributed by atoms with van der Waals surface area (Å²) in [7, 11) is 1.73. The number of methoxy groups -OCH3 is 1. The first-order valence-corrected chi connectivity index (χ1v) is 5.70. The van der Waals surface area contributed by atoms with Crippen molar-refractivity contribution in [2.45, 2.75) is 13.8 Å². The van der Waals surface area contributed by atoms with Crippen LogP contribution in [0, 0.1) is 5.92 Å². The van der Waals surface area contributed by atoms with Gasteiger partial charge in [-0.15, -0.1) is 0 Å². The summed E-state index contributed by atoms with van der Waals surface area (Å²) in [6.07, 6.45) is 0. The molecule has 0 saturated carbocycles. The summed E-state index contributed by atoms with van der Waals surface area (Å²) < 4.78 is 4.92. The molecule has 0 aromatic carbocycles. The van der Waals surface area contributed by atoms with E-state index < -0.39 is 0 Å². The smallest absolute Gasteiger partial charge is 0.0587 e. The monoisotopic (exact) mass is 191 g/mol. The molecule has 2 nitrogen and oxygen atoms in total. The molecule has 3 heteroatoms. The lowest BCUT2D eigenvalue weighted by molar-refractivity contribution is 0.200. The van der Waals surface area contributed by atoms with Crippen molar-refractivity contribution in [3.05, 3.63) is 0 Å². The first-order chi connectivity index (χ1) is 5.77. The van der Waals surface area contributed by atoms with Crippen LogP contribution >= 0.6 is 11.8 Å². The molecule has 0 aromatic heterocycles. The molecule has 0 radical (unpaired) electrons. The predicted octanol–water partition coefficient (Wildman–Crippen LogP) is 1.61. The Labute approximate surface area is 80.4 Å². The number of rotatable bonds is 8. The van der Waals surface area contributed by atoms with Crippen molar-refractivity contribution in [1.82, 2.24) is 5.32 Å². The first-order valence-electron chi connectivity index (χ1n) is 4.54. The van der Waals surface area contributed by atoms with Crippen molar-refractivity contribution in [2.24, 2.45) is 5.92 Å². The molecule has 0 saturated heterocycles. The summed E-state index contributed by atoms with van der Waals surface area (Å²) in [5, 5.41) is 3.31. The van der Waals surface area contributed by atoms with Crippen molar-refractivity contribution in [2.75, 3.05) is 38.3 Å². The van der Waals surface area contributed by atoms with Crippen molar-refractivity contribution in [1.29, 1.82) is 0 Å². The van der Waals surface area contributed by atoms with E-state index in [-0.39, 0.29) is 0 Å².